The zero-order valence-electron chi connectivity index (χ0n) is 14.1. The summed E-state index contributed by atoms with van der Waals surface area (Å²) in [5.74, 6) is 2.01. The molecule has 0 aliphatic carbocycles. The van der Waals surface area contributed by atoms with Crippen LogP contribution in [0, 0.1) is 11.8 Å². The van der Waals surface area contributed by atoms with E-state index < -0.39 is 6.10 Å². The van der Waals surface area contributed by atoms with E-state index in [2.05, 4.69) is 22.5 Å². The van der Waals surface area contributed by atoms with E-state index in [1.807, 2.05) is 24.3 Å². The number of ether oxygens (including phenoxy) is 1. The van der Waals surface area contributed by atoms with Crippen molar-refractivity contribution >= 4 is 10.9 Å². The van der Waals surface area contributed by atoms with Gasteiger partial charge in [-0.1, -0.05) is 6.08 Å². The predicted molar refractivity (Wildman–Crippen MR) is 95.0 cm³/mol. The molecule has 4 heteroatoms. The molecule has 0 saturated carbocycles. The molecule has 0 radical (unpaired) electrons. The zero-order valence-corrected chi connectivity index (χ0v) is 14.1. The molecule has 4 heterocycles. The van der Waals surface area contributed by atoms with E-state index in [1.165, 1.54) is 6.42 Å². The molecule has 1 N–H and O–H groups in total. The third-order valence-corrected chi connectivity index (χ3v) is 5.82. The number of pyridine rings is 1. The third kappa shape index (κ3) is 2.50. The Morgan fingerprint density at radius 3 is 3.00 bits per heavy atom. The van der Waals surface area contributed by atoms with Crippen molar-refractivity contribution in [2.45, 2.75) is 25.0 Å². The molecule has 0 spiro atoms. The minimum atomic E-state index is -0.504. The Labute approximate surface area is 142 Å². The first-order valence-corrected chi connectivity index (χ1v) is 8.68. The van der Waals surface area contributed by atoms with E-state index in [9.17, 15) is 5.11 Å². The number of rotatable bonds is 4. The summed E-state index contributed by atoms with van der Waals surface area (Å²) in [5.41, 5.74) is 1.85. The quantitative estimate of drug-likeness (QED) is 0.878. The number of fused-ring (bicyclic) bond motifs is 4. The molecule has 24 heavy (non-hydrogen) atoms. The number of aromatic nitrogens is 1. The maximum Gasteiger partial charge on any atom is 0.119 e. The van der Waals surface area contributed by atoms with Gasteiger partial charge in [-0.15, -0.1) is 6.58 Å². The fraction of sp³-hybridized carbons (Fsp3) is 0.450. The SMILES string of the molecule is C=C[C@@H]1CN2CC[C@H]1C[C@@H]2C(O)c1ccnc2ccc(OC)cc12. The number of benzene rings is 1. The molecule has 126 valence electrons. The highest BCUT2D eigenvalue weighted by molar-refractivity contribution is 5.83. The van der Waals surface area contributed by atoms with Crippen LogP contribution in [0.4, 0.5) is 0 Å². The second-order valence-electron chi connectivity index (χ2n) is 6.97. The van der Waals surface area contributed by atoms with E-state index in [1.54, 1.807) is 13.3 Å². The molecule has 2 bridgehead atoms. The van der Waals surface area contributed by atoms with Gasteiger partial charge in [0.1, 0.15) is 5.75 Å². The summed E-state index contributed by atoms with van der Waals surface area (Å²) in [5, 5.41) is 12.1. The molecule has 3 fully saturated rings. The highest BCUT2D eigenvalue weighted by atomic mass is 16.5. The number of methoxy groups -OCH3 is 1. The summed E-state index contributed by atoms with van der Waals surface area (Å²) in [6.07, 6.45) is 5.62. The first kappa shape index (κ1) is 15.6. The van der Waals surface area contributed by atoms with Gasteiger partial charge in [-0.05, 0) is 61.1 Å². The fourth-order valence-electron chi connectivity index (χ4n) is 4.44. The highest BCUT2D eigenvalue weighted by Gasteiger charge is 2.42. The fourth-order valence-corrected chi connectivity index (χ4v) is 4.44. The topological polar surface area (TPSA) is 45.6 Å². The van der Waals surface area contributed by atoms with Crippen molar-refractivity contribution in [1.29, 1.82) is 0 Å². The van der Waals surface area contributed by atoms with Gasteiger partial charge in [0, 0.05) is 24.2 Å². The number of piperidine rings is 3. The number of hydrogen-bond donors (Lipinski definition) is 1. The van der Waals surface area contributed by atoms with Gasteiger partial charge in [0.05, 0.1) is 18.7 Å². The van der Waals surface area contributed by atoms with Crippen LogP contribution in [0.2, 0.25) is 0 Å². The van der Waals surface area contributed by atoms with Crippen LogP contribution in [0.15, 0.2) is 43.1 Å². The molecular formula is C20H24N2O2. The van der Waals surface area contributed by atoms with Crippen LogP contribution in [0.1, 0.15) is 24.5 Å². The van der Waals surface area contributed by atoms with Crippen LogP contribution in [0.5, 0.6) is 5.75 Å². The van der Waals surface area contributed by atoms with Crippen molar-refractivity contribution in [2.75, 3.05) is 20.2 Å². The molecule has 2 unspecified atom stereocenters. The van der Waals surface area contributed by atoms with Crippen LogP contribution in [-0.4, -0.2) is 41.2 Å². The second-order valence-corrected chi connectivity index (χ2v) is 6.97. The van der Waals surface area contributed by atoms with Gasteiger partial charge >= 0.3 is 0 Å². The van der Waals surface area contributed by atoms with Crippen molar-refractivity contribution in [2.24, 2.45) is 11.8 Å². The lowest BCUT2D eigenvalue weighted by Crippen LogP contribution is -2.54. The van der Waals surface area contributed by atoms with Crippen LogP contribution in [0.3, 0.4) is 0 Å². The van der Waals surface area contributed by atoms with Gasteiger partial charge in [0.15, 0.2) is 0 Å². The summed E-state index contributed by atoms with van der Waals surface area (Å²) in [7, 11) is 1.66. The first-order valence-electron chi connectivity index (χ1n) is 8.68. The average molecular weight is 324 g/mol. The average Bonchev–Trinajstić information content (AvgIpc) is 2.66. The minimum absolute atomic E-state index is 0.178. The zero-order chi connectivity index (χ0) is 16.7. The van der Waals surface area contributed by atoms with Crippen molar-refractivity contribution in [3.05, 3.63) is 48.7 Å². The number of aliphatic hydroxyl groups excluding tert-OH is 1. The van der Waals surface area contributed by atoms with E-state index in [0.29, 0.717) is 11.8 Å². The molecule has 1 aromatic heterocycles. The van der Waals surface area contributed by atoms with Gasteiger partial charge in [0.2, 0.25) is 0 Å². The lowest BCUT2D eigenvalue weighted by atomic mass is 9.73. The molecule has 3 saturated heterocycles. The lowest BCUT2D eigenvalue weighted by molar-refractivity contribution is -0.0444. The molecule has 3 aliphatic heterocycles. The van der Waals surface area contributed by atoms with Gasteiger partial charge in [0.25, 0.3) is 0 Å². The van der Waals surface area contributed by atoms with Crippen LogP contribution in [-0.2, 0) is 0 Å². The largest absolute Gasteiger partial charge is 0.497 e. The Bertz CT molecular complexity index is 760. The molecular weight excluding hydrogens is 300 g/mol. The Balaban J connectivity index is 1.69. The van der Waals surface area contributed by atoms with Gasteiger partial charge in [-0.3, -0.25) is 9.88 Å². The van der Waals surface area contributed by atoms with Gasteiger partial charge in [-0.25, -0.2) is 0 Å². The molecule has 5 atom stereocenters. The first-order chi connectivity index (χ1) is 11.7. The number of hydrogen-bond acceptors (Lipinski definition) is 4. The maximum atomic E-state index is 11.2. The standard InChI is InChI=1S/C20H24N2O2/c1-3-13-12-22-9-7-14(13)10-19(22)20(23)16-6-8-21-18-5-4-15(24-2)11-17(16)18/h3-6,8,11,13-14,19-20,23H,1,7,9-10,12H2,2H3/t13-,14+,19-,20?/m1/s1. The number of nitrogens with zero attached hydrogens (tertiary/aromatic N) is 2. The van der Waals surface area contributed by atoms with Crippen LogP contribution in [0.25, 0.3) is 10.9 Å². The van der Waals surface area contributed by atoms with Crippen LogP contribution < -0.4 is 4.74 Å². The van der Waals surface area contributed by atoms with Crippen LogP contribution >= 0.6 is 0 Å². The van der Waals surface area contributed by atoms with Crippen molar-refractivity contribution in [3.63, 3.8) is 0 Å². The third-order valence-electron chi connectivity index (χ3n) is 5.82. The van der Waals surface area contributed by atoms with E-state index in [0.717, 1.165) is 41.7 Å². The van der Waals surface area contributed by atoms with Crippen molar-refractivity contribution in [1.82, 2.24) is 9.88 Å². The smallest absolute Gasteiger partial charge is 0.119 e. The monoisotopic (exact) mass is 324 g/mol. The Kier molecular flexibility index (Phi) is 4.02. The summed E-state index contributed by atoms with van der Waals surface area (Å²) in [6.45, 7) is 6.07. The summed E-state index contributed by atoms with van der Waals surface area (Å²) in [6, 6.07) is 7.96. The molecule has 1 aromatic carbocycles. The molecule has 2 aromatic rings. The molecule has 4 nitrogen and oxygen atoms in total. The Morgan fingerprint density at radius 2 is 2.29 bits per heavy atom. The van der Waals surface area contributed by atoms with E-state index >= 15 is 0 Å². The van der Waals surface area contributed by atoms with Gasteiger partial charge in [-0.2, -0.15) is 0 Å². The maximum absolute atomic E-state index is 11.2. The molecule has 3 aliphatic rings. The summed E-state index contributed by atoms with van der Waals surface area (Å²) in [4.78, 5) is 6.86. The van der Waals surface area contributed by atoms with E-state index in [-0.39, 0.29) is 6.04 Å². The lowest BCUT2D eigenvalue weighted by Gasteiger charge is -2.50. The summed E-state index contributed by atoms with van der Waals surface area (Å²) >= 11 is 0. The Hall–Kier alpha value is -1.91. The van der Waals surface area contributed by atoms with Crippen molar-refractivity contribution in [3.8, 4) is 5.75 Å². The highest BCUT2D eigenvalue weighted by Crippen LogP contribution is 2.42. The Morgan fingerprint density at radius 1 is 1.42 bits per heavy atom. The van der Waals surface area contributed by atoms with Crippen molar-refractivity contribution < 1.29 is 9.84 Å². The van der Waals surface area contributed by atoms with Gasteiger partial charge < -0.3 is 9.84 Å². The molecule has 5 rings (SSSR count). The normalized spacial score (nSPS) is 30.2. The molecule has 0 amide bonds. The number of aliphatic hydroxyl groups is 1. The summed E-state index contributed by atoms with van der Waals surface area (Å²) < 4.78 is 5.35. The minimum Gasteiger partial charge on any atom is -0.497 e. The van der Waals surface area contributed by atoms with E-state index in [4.69, 9.17) is 4.74 Å². The second kappa shape index (κ2) is 6.19. The predicted octanol–water partition coefficient (Wildman–Crippen LogP) is 3.17.